The summed E-state index contributed by atoms with van der Waals surface area (Å²) < 4.78 is 12.1. The van der Waals surface area contributed by atoms with Crippen LogP contribution in [0.3, 0.4) is 0 Å². The van der Waals surface area contributed by atoms with Crippen molar-refractivity contribution in [2.45, 2.75) is 19.5 Å². The van der Waals surface area contributed by atoms with Gasteiger partial charge >= 0.3 is 0 Å². The Labute approximate surface area is 171 Å². The Hall–Kier alpha value is -1.64. The first-order valence-corrected chi connectivity index (χ1v) is 9.34. The van der Waals surface area contributed by atoms with Gasteiger partial charge in [-0.05, 0) is 35.7 Å². The number of rotatable bonds is 9. The van der Waals surface area contributed by atoms with Crippen molar-refractivity contribution in [1.29, 1.82) is 0 Å². The minimum atomic E-state index is 0.150. The molecule has 27 heavy (non-hydrogen) atoms. The fourth-order valence-corrected chi connectivity index (χ4v) is 3.00. The van der Waals surface area contributed by atoms with Crippen molar-refractivity contribution in [2.75, 3.05) is 25.8 Å². The predicted octanol–water partition coefficient (Wildman–Crippen LogP) is 4.41. The van der Waals surface area contributed by atoms with Crippen molar-refractivity contribution in [3.05, 3.63) is 45.4 Å². The molecule has 0 atom stereocenters. The Kier molecular flexibility index (Phi) is 7.09. The highest BCUT2D eigenvalue weighted by atomic mass is 35.5. The van der Waals surface area contributed by atoms with Gasteiger partial charge in [-0.15, -0.1) is 0 Å². The summed E-state index contributed by atoms with van der Waals surface area (Å²) in [5.74, 6) is 0.561. The van der Waals surface area contributed by atoms with Crippen molar-refractivity contribution >= 4 is 51.8 Å². The zero-order valence-electron chi connectivity index (χ0n) is 14.6. The van der Waals surface area contributed by atoms with Gasteiger partial charge in [-0.3, -0.25) is 0 Å². The topological polar surface area (TPSA) is 74.1 Å². The van der Waals surface area contributed by atoms with Gasteiger partial charge in [0.25, 0.3) is 0 Å². The van der Waals surface area contributed by atoms with Gasteiger partial charge in [-0.25, -0.2) is 4.98 Å². The van der Waals surface area contributed by atoms with Gasteiger partial charge in [0.2, 0.25) is 5.28 Å². The minimum absolute atomic E-state index is 0.150. The molecule has 3 rings (SSSR count). The van der Waals surface area contributed by atoms with E-state index in [9.17, 15) is 0 Å². The van der Waals surface area contributed by atoms with Crippen molar-refractivity contribution in [2.24, 2.45) is 0 Å². The van der Waals surface area contributed by atoms with Gasteiger partial charge < -0.3 is 19.4 Å². The van der Waals surface area contributed by atoms with Crippen molar-refractivity contribution in [1.82, 2.24) is 19.5 Å². The number of aromatic nitrogens is 4. The minimum Gasteiger partial charge on any atom is -0.364 e. The molecule has 0 saturated heterocycles. The molecule has 2 aromatic heterocycles. The molecule has 10 heteroatoms. The van der Waals surface area contributed by atoms with Crippen LogP contribution < -0.4 is 5.32 Å². The lowest BCUT2D eigenvalue weighted by Crippen LogP contribution is -2.06. The maximum Gasteiger partial charge on any atom is 0.226 e. The number of imidazole rings is 1. The fourth-order valence-electron chi connectivity index (χ4n) is 2.52. The third kappa shape index (κ3) is 5.21. The summed E-state index contributed by atoms with van der Waals surface area (Å²) in [6.45, 7) is 2.05. The molecule has 0 saturated carbocycles. The number of nitrogens with zero attached hydrogens (tertiary/aromatic N) is 4. The van der Waals surface area contributed by atoms with Gasteiger partial charge in [-0.2, -0.15) is 9.97 Å². The number of methoxy groups -OCH3 is 1. The average molecular weight is 431 g/mol. The summed E-state index contributed by atoms with van der Waals surface area (Å²) in [7, 11) is 1.59. The Morgan fingerprint density at radius 2 is 2.00 bits per heavy atom. The zero-order chi connectivity index (χ0) is 19.2. The molecule has 1 N–H and O–H groups in total. The summed E-state index contributed by atoms with van der Waals surface area (Å²) in [6, 6.07) is 5.44. The molecule has 0 aliphatic heterocycles. The number of benzene rings is 1. The standard InChI is InChI=1S/C17H18Cl3N5O2/c1-26-10-27-6-2-5-25-9-22-14-15(23-17(20)24-16(14)25)21-8-11-3-4-12(18)13(19)7-11/h3-4,7,9H,2,5-6,8,10H2,1H3,(H,21,23,24). The predicted molar refractivity (Wildman–Crippen MR) is 107 cm³/mol. The molecule has 0 amide bonds. The average Bonchev–Trinajstić information content (AvgIpc) is 3.05. The van der Waals surface area contributed by atoms with Crippen LogP contribution in [0, 0.1) is 0 Å². The summed E-state index contributed by atoms with van der Waals surface area (Å²) in [5, 5.41) is 4.40. The van der Waals surface area contributed by atoms with Crippen LogP contribution in [0.25, 0.3) is 11.2 Å². The Morgan fingerprint density at radius 3 is 2.78 bits per heavy atom. The molecule has 7 nitrogen and oxygen atoms in total. The van der Waals surface area contributed by atoms with Crippen molar-refractivity contribution in [3.8, 4) is 0 Å². The highest BCUT2D eigenvalue weighted by molar-refractivity contribution is 6.42. The van der Waals surface area contributed by atoms with E-state index in [1.165, 1.54) is 0 Å². The van der Waals surface area contributed by atoms with Gasteiger partial charge in [0.15, 0.2) is 17.0 Å². The van der Waals surface area contributed by atoms with Crippen LogP contribution in [-0.4, -0.2) is 40.0 Å². The van der Waals surface area contributed by atoms with Crippen molar-refractivity contribution in [3.63, 3.8) is 0 Å². The first-order chi connectivity index (χ1) is 13.1. The molecular weight excluding hydrogens is 413 g/mol. The molecule has 3 aromatic rings. The molecule has 0 fully saturated rings. The van der Waals surface area contributed by atoms with E-state index < -0.39 is 0 Å². The van der Waals surface area contributed by atoms with Crippen LogP contribution in [0.15, 0.2) is 24.5 Å². The van der Waals surface area contributed by atoms with Gasteiger partial charge in [0, 0.05) is 20.2 Å². The first kappa shape index (κ1) is 20.1. The van der Waals surface area contributed by atoms with Crippen LogP contribution >= 0.6 is 34.8 Å². The highest BCUT2D eigenvalue weighted by Crippen LogP contribution is 2.25. The molecule has 2 heterocycles. The summed E-state index contributed by atoms with van der Waals surface area (Å²) in [4.78, 5) is 13.0. The number of aryl methyl sites for hydroxylation is 1. The van der Waals surface area contributed by atoms with E-state index in [0.717, 1.165) is 12.0 Å². The van der Waals surface area contributed by atoms with Gasteiger partial charge in [-0.1, -0.05) is 29.3 Å². The Balaban J connectivity index is 1.72. The quantitative estimate of drug-likeness (QED) is 0.308. The molecule has 0 spiro atoms. The highest BCUT2D eigenvalue weighted by Gasteiger charge is 2.13. The number of nitrogens with one attached hydrogen (secondary N) is 1. The normalized spacial score (nSPS) is 11.3. The van der Waals surface area contributed by atoms with Crippen LogP contribution in [0.5, 0.6) is 0 Å². The summed E-state index contributed by atoms with van der Waals surface area (Å²) in [6.07, 6.45) is 2.51. The van der Waals surface area contributed by atoms with Crippen molar-refractivity contribution < 1.29 is 9.47 Å². The SMILES string of the molecule is COCOCCCn1cnc2c(NCc3ccc(Cl)c(Cl)c3)nc(Cl)nc21. The molecule has 0 bridgehead atoms. The lowest BCUT2D eigenvalue weighted by molar-refractivity contribution is -0.0318. The summed E-state index contributed by atoms with van der Waals surface area (Å²) >= 11 is 18.1. The third-order valence-corrected chi connectivity index (χ3v) is 4.68. The van der Waals surface area contributed by atoms with Crippen LogP contribution in [-0.2, 0) is 22.6 Å². The van der Waals surface area contributed by atoms with E-state index in [1.54, 1.807) is 25.6 Å². The molecule has 0 radical (unpaired) electrons. The van der Waals surface area contributed by atoms with E-state index in [2.05, 4.69) is 20.3 Å². The largest absolute Gasteiger partial charge is 0.364 e. The first-order valence-electron chi connectivity index (χ1n) is 8.21. The second-order valence-corrected chi connectivity index (χ2v) is 6.87. The number of anilines is 1. The molecule has 0 aliphatic rings. The zero-order valence-corrected chi connectivity index (χ0v) is 16.9. The lowest BCUT2D eigenvalue weighted by Gasteiger charge is -2.09. The van der Waals surface area contributed by atoms with E-state index in [-0.39, 0.29) is 12.1 Å². The van der Waals surface area contributed by atoms with Crippen LogP contribution in [0.1, 0.15) is 12.0 Å². The molecular formula is C17H18Cl3N5O2. The van der Waals surface area contributed by atoms with E-state index >= 15 is 0 Å². The van der Waals surface area contributed by atoms with E-state index in [4.69, 9.17) is 44.3 Å². The fraction of sp³-hybridized carbons (Fsp3) is 0.353. The van der Waals surface area contributed by atoms with E-state index in [0.29, 0.717) is 46.7 Å². The summed E-state index contributed by atoms with van der Waals surface area (Å²) in [5.41, 5.74) is 2.28. The number of ether oxygens (including phenoxy) is 2. The van der Waals surface area contributed by atoms with Gasteiger partial charge in [0.1, 0.15) is 6.79 Å². The number of hydrogen-bond donors (Lipinski definition) is 1. The molecule has 0 unspecified atom stereocenters. The maximum absolute atomic E-state index is 6.10. The monoisotopic (exact) mass is 429 g/mol. The third-order valence-electron chi connectivity index (χ3n) is 3.77. The number of fused-ring (bicyclic) bond motifs is 1. The van der Waals surface area contributed by atoms with Gasteiger partial charge in [0.05, 0.1) is 23.0 Å². The number of halogens is 3. The number of hydrogen-bond acceptors (Lipinski definition) is 6. The second kappa shape index (κ2) is 9.52. The molecule has 144 valence electrons. The molecule has 0 aliphatic carbocycles. The maximum atomic E-state index is 6.10. The Morgan fingerprint density at radius 1 is 1.15 bits per heavy atom. The Bertz CT molecular complexity index is 919. The van der Waals surface area contributed by atoms with Crippen LogP contribution in [0.4, 0.5) is 5.82 Å². The second-order valence-electron chi connectivity index (χ2n) is 5.72. The lowest BCUT2D eigenvalue weighted by atomic mass is 10.2. The smallest absolute Gasteiger partial charge is 0.226 e. The van der Waals surface area contributed by atoms with E-state index in [1.807, 2.05) is 10.6 Å². The van der Waals surface area contributed by atoms with Crippen LogP contribution in [0.2, 0.25) is 15.3 Å². The molecule has 1 aromatic carbocycles.